The highest BCUT2D eigenvalue weighted by molar-refractivity contribution is 5.80. The van der Waals surface area contributed by atoms with E-state index < -0.39 is 0 Å². The number of amides is 1. The Balaban J connectivity index is 2.64. The van der Waals surface area contributed by atoms with Gasteiger partial charge in [-0.3, -0.25) is 9.78 Å². The number of carbonyl (C=O) groups excluding carboxylic acids is 1. The lowest BCUT2D eigenvalue weighted by atomic mass is 10.5. The van der Waals surface area contributed by atoms with E-state index in [1.54, 1.807) is 31.4 Å². The van der Waals surface area contributed by atoms with Crippen LogP contribution in [0.1, 0.15) is 6.92 Å². The minimum atomic E-state index is -0.0262. The molecule has 0 radical (unpaired) electrons. The lowest BCUT2D eigenvalue weighted by Crippen LogP contribution is -2.35. The van der Waals surface area contributed by atoms with Gasteiger partial charge in [0.15, 0.2) is 0 Å². The van der Waals surface area contributed by atoms with E-state index in [1.165, 1.54) is 0 Å². The van der Waals surface area contributed by atoms with Gasteiger partial charge in [0.2, 0.25) is 5.91 Å². The molecule has 88 valence electrons. The molecule has 16 heavy (non-hydrogen) atoms. The predicted octanol–water partition coefficient (Wildman–Crippen LogP) is 0.0906. The smallest absolute Gasteiger partial charge is 0.239 e. The average molecular weight is 223 g/mol. The molecule has 0 bridgehead atoms. The lowest BCUT2D eigenvalue weighted by molar-refractivity contribution is -0.119. The largest absolute Gasteiger partial charge is 0.372 e. The van der Waals surface area contributed by atoms with Crippen molar-refractivity contribution in [1.82, 2.24) is 15.3 Å². The Bertz CT molecular complexity index is 355. The summed E-state index contributed by atoms with van der Waals surface area (Å²) in [7, 11) is 3.58. The third-order valence-electron chi connectivity index (χ3n) is 2.02. The summed E-state index contributed by atoms with van der Waals surface area (Å²) in [4.78, 5) is 21.4. The average Bonchev–Trinajstić information content (AvgIpc) is 2.29. The van der Waals surface area contributed by atoms with Crippen LogP contribution in [-0.2, 0) is 4.79 Å². The SMILES string of the molecule is CCNC(=O)CN(C)c1cncc(NC)n1. The van der Waals surface area contributed by atoms with Crippen molar-refractivity contribution in [3.05, 3.63) is 12.4 Å². The first-order chi connectivity index (χ1) is 7.67. The van der Waals surface area contributed by atoms with Gasteiger partial charge in [0, 0.05) is 20.6 Å². The van der Waals surface area contributed by atoms with Crippen molar-refractivity contribution in [1.29, 1.82) is 0 Å². The van der Waals surface area contributed by atoms with Crippen LogP contribution in [-0.4, -0.2) is 43.1 Å². The molecule has 0 unspecified atom stereocenters. The molecule has 0 spiro atoms. The van der Waals surface area contributed by atoms with Gasteiger partial charge in [-0.05, 0) is 6.92 Å². The summed E-state index contributed by atoms with van der Waals surface area (Å²) in [6, 6.07) is 0. The van der Waals surface area contributed by atoms with Crippen LogP contribution in [0.5, 0.6) is 0 Å². The number of nitrogens with zero attached hydrogens (tertiary/aromatic N) is 3. The molecule has 0 fully saturated rings. The lowest BCUT2D eigenvalue weighted by Gasteiger charge is -2.17. The number of likely N-dealkylation sites (N-methyl/N-ethyl adjacent to an activating group) is 2. The fourth-order valence-electron chi connectivity index (χ4n) is 1.21. The second-order valence-electron chi connectivity index (χ2n) is 3.32. The van der Waals surface area contributed by atoms with E-state index in [-0.39, 0.29) is 12.5 Å². The van der Waals surface area contributed by atoms with Crippen LogP contribution in [0.3, 0.4) is 0 Å². The van der Waals surface area contributed by atoms with Gasteiger partial charge in [0.1, 0.15) is 11.6 Å². The van der Waals surface area contributed by atoms with Crippen LogP contribution < -0.4 is 15.5 Å². The van der Waals surface area contributed by atoms with Gasteiger partial charge in [-0.15, -0.1) is 0 Å². The van der Waals surface area contributed by atoms with Crippen molar-refractivity contribution < 1.29 is 4.79 Å². The Morgan fingerprint density at radius 2 is 2.25 bits per heavy atom. The fourth-order valence-corrected chi connectivity index (χ4v) is 1.21. The maximum Gasteiger partial charge on any atom is 0.239 e. The first kappa shape index (κ1) is 12.2. The van der Waals surface area contributed by atoms with E-state index in [2.05, 4.69) is 20.6 Å². The molecule has 0 aliphatic rings. The van der Waals surface area contributed by atoms with Crippen molar-refractivity contribution >= 4 is 17.5 Å². The van der Waals surface area contributed by atoms with Gasteiger partial charge in [-0.25, -0.2) is 4.98 Å². The Labute approximate surface area is 95.1 Å². The summed E-state index contributed by atoms with van der Waals surface area (Å²) in [6.45, 7) is 2.80. The van der Waals surface area contributed by atoms with Crippen molar-refractivity contribution in [2.24, 2.45) is 0 Å². The monoisotopic (exact) mass is 223 g/mol. The van der Waals surface area contributed by atoms with Crippen LogP contribution in [0.25, 0.3) is 0 Å². The Hall–Kier alpha value is -1.85. The fraction of sp³-hybridized carbons (Fsp3) is 0.500. The molecule has 6 nitrogen and oxygen atoms in total. The summed E-state index contributed by atoms with van der Waals surface area (Å²) in [5.74, 6) is 1.32. The normalized spacial score (nSPS) is 9.69. The third kappa shape index (κ3) is 3.38. The van der Waals surface area contributed by atoms with Crippen molar-refractivity contribution in [3.8, 4) is 0 Å². The van der Waals surface area contributed by atoms with Crippen LogP contribution in [0, 0.1) is 0 Å². The first-order valence-corrected chi connectivity index (χ1v) is 5.15. The number of rotatable bonds is 5. The van der Waals surface area contributed by atoms with Crippen molar-refractivity contribution in [3.63, 3.8) is 0 Å². The molecule has 2 N–H and O–H groups in total. The zero-order valence-corrected chi connectivity index (χ0v) is 9.82. The van der Waals surface area contributed by atoms with E-state index in [1.807, 2.05) is 6.92 Å². The van der Waals surface area contributed by atoms with E-state index >= 15 is 0 Å². The van der Waals surface area contributed by atoms with Gasteiger partial charge in [-0.1, -0.05) is 0 Å². The number of nitrogens with one attached hydrogen (secondary N) is 2. The molecule has 1 amide bonds. The number of carbonyl (C=O) groups is 1. The quantitative estimate of drug-likeness (QED) is 0.740. The molecular weight excluding hydrogens is 206 g/mol. The molecule has 1 aromatic rings. The van der Waals surface area contributed by atoms with Crippen LogP contribution in [0.4, 0.5) is 11.6 Å². The Morgan fingerprint density at radius 1 is 1.50 bits per heavy atom. The van der Waals surface area contributed by atoms with E-state index in [0.29, 0.717) is 18.2 Å². The van der Waals surface area contributed by atoms with Crippen LogP contribution >= 0.6 is 0 Å². The number of anilines is 2. The second kappa shape index (κ2) is 5.89. The highest BCUT2D eigenvalue weighted by Gasteiger charge is 2.08. The summed E-state index contributed by atoms with van der Waals surface area (Å²) in [5, 5.41) is 5.63. The summed E-state index contributed by atoms with van der Waals surface area (Å²) >= 11 is 0. The van der Waals surface area contributed by atoms with Gasteiger partial charge in [-0.2, -0.15) is 0 Å². The number of hydrogen-bond acceptors (Lipinski definition) is 5. The third-order valence-corrected chi connectivity index (χ3v) is 2.02. The highest BCUT2D eigenvalue weighted by Crippen LogP contribution is 2.09. The van der Waals surface area contributed by atoms with Gasteiger partial charge in [0.25, 0.3) is 0 Å². The zero-order valence-electron chi connectivity index (χ0n) is 9.82. The molecule has 1 heterocycles. The summed E-state index contributed by atoms with van der Waals surface area (Å²) in [6.07, 6.45) is 3.25. The summed E-state index contributed by atoms with van der Waals surface area (Å²) in [5.41, 5.74) is 0. The molecule has 0 saturated carbocycles. The van der Waals surface area contributed by atoms with Crippen LogP contribution in [0.2, 0.25) is 0 Å². The minimum Gasteiger partial charge on any atom is -0.372 e. The van der Waals surface area contributed by atoms with Gasteiger partial charge in [0.05, 0.1) is 18.9 Å². The summed E-state index contributed by atoms with van der Waals surface area (Å²) < 4.78 is 0. The molecular formula is C10H17N5O. The molecule has 0 saturated heterocycles. The molecule has 6 heteroatoms. The van der Waals surface area contributed by atoms with Crippen LogP contribution in [0.15, 0.2) is 12.4 Å². The predicted molar refractivity (Wildman–Crippen MR) is 63.5 cm³/mol. The number of aromatic nitrogens is 2. The molecule has 1 aromatic heterocycles. The van der Waals surface area contributed by atoms with E-state index in [4.69, 9.17) is 0 Å². The van der Waals surface area contributed by atoms with E-state index in [0.717, 1.165) is 0 Å². The van der Waals surface area contributed by atoms with Gasteiger partial charge >= 0.3 is 0 Å². The topological polar surface area (TPSA) is 70.2 Å². The first-order valence-electron chi connectivity index (χ1n) is 5.15. The maximum absolute atomic E-state index is 11.4. The highest BCUT2D eigenvalue weighted by atomic mass is 16.2. The number of hydrogen-bond donors (Lipinski definition) is 2. The van der Waals surface area contributed by atoms with E-state index in [9.17, 15) is 4.79 Å². The maximum atomic E-state index is 11.4. The molecule has 0 aromatic carbocycles. The van der Waals surface area contributed by atoms with Gasteiger partial charge < -0.3 is 15.5 Å². The zero-order chi connectivity index (χ0) is 12.0. The molecule has 0 aliphatic heterocycles. The standard InChI is InChI=1S/C10H17N5O/c1-4-13-10(16)7-15(3)9-6-12-5-8(11-2)14-9/h5-6H,4,7H2,1-3H3,(H,11,14)(H,13,16). The van der Waals surface area contributed by atoms with Crippen molar-refractivity contribution in [2.75, 3.05) is 37.4 Å². The second-order valence-corrected chi connectivity index (χ2v) is 3.32. The molecule has 0 aliphatic carbocycles. The minimum absolute atomic E-state index is 0.0262. The molecule has 1 rings (SSSR count). The molecule has 0 atom stereocenters. The Kier molecular flexibility index (Phi) is 4.50. The Morgan fingerprint density at radius 3 is 2.88 bits per heavy atom. The van der Waals surface area contributed by atoms with Crippen molar-refractivity contribution in [2.45, 2.75) is 6.92 Å².